The number of piperidine rings is 1. The number of para-hydroxylation sites is 1. The van der Waals surface area contributed by atoms with Gasteiger partial charge in [-0.2, -0.15) is 0 Å². The Morgan fingerprint density at radius 2 is 1.84 bits per heavy atom. The number of anilines is 1. The van der Waals surface area contributed by atoms with Crippen LogP contribution in [0.2, 0.25) is 0 Å². The third-order valence-electron chi connectivity index (χ3n) is 5.67. The van der Waals surface area contributed by atoms with Crippen molar-refractivity contribution in [3.63, 3.8) is 0 Å². The number of urea groups is 1. The van der Waals surface area contributed by atoms with Gasteiger partial charge in [0.1, 0.15) is 0 Å². The molecule has 0 radical (unpaired) electrons. The van der Waals surface area contributed by atoms with Crippen molar-refractivity contribution in [2.75, 3.05) is 31.6 Å². The van der Waals surface area contributed by atoms with E-state index in [0.717, 1.165) is 51.6 Å². The molecule has 2 N–H and O–H groups in total. The van der Waals surface area contributed by atoms with E-state index < -0.39 is 0 Å². The SMILES string of the molecule is CN(C[C@H]1CCCC[C@H]1O)C(=O)NC1CCN(c2ccccc2)CC1. The second kappa shape index (κ2) is 8.56. The summed E-state index contributed by atoms with van der Waals surface area (Å²) in [6.45, 7) is 2.59. The van der Waals surface area contributed by atoms with E-state index in [1.54, 1.807) is 4.90 Å². The average Bonchev–Trinajstić information content (AvgIpc) is 2.65. The molecular formula is C20H31N3O2. The number of carbonyl (C=O) groups excluding carboxylic acids is 1. The van der Waals surface area contributed by atoms with Crippen LogP contribution in [0.5, 0.6) is 0 Å². The van der Waals surface area contributed by atoms with E-state index in [1.807, 2.05) is 13.1 Å². The fraction of sp³-hybridized carbons (Fsp3) is 0.650. The van der Waals surface area contributed by atoms with E-state index in [9.17, 15) is 9.90 Å². The number of hydrogen-bond donors (Lipinski definition) is 2. The van der Waals surface area contributed by atoms with Gasteiger partial charge in [0.15, 0.2) is 0 Å². The second-order valence-corrected chi connectivity index (χ2v) is 7.54. The molecule has 1 saturated carbocycles. The average molecular weight is 345 g/mol. The fourth-order valence-electron chi connectivity index (χ4n) is 4.04. The minimum absolute atomic E-state index is 0.00376. The van der Waals surface area contributed by atoms with Gasteiger partial charge in [0.05, 0.1) is 6.10 Å². The topological polar surface area (TPSA) is 55.8 Å². The van der Waals surface area contributed by atoms with Gasteiger partial charge in [0.25, 0.3) is 0 Å². The van der Waals surface area contributed by atoms with Crippen LogP contribution >= 0.6 is 0 Å². The molecule has 1 aromatic carbocycles. The summed E-state index contributed by atoms with van der Waals surface area (Å²) in [6, 6.07) is 10.7. The molecule has 1 aromatic rings. The molecule has 1 saturated heterocycles. The van der Waals surface area contributed by atoms with Crippen molar-refractivity contribution in [2.45, 2.75) is 50.7 Å². The van der Waals surface area contributed by atoms with Crippen molar-refractivity contribution in [2.24, 2.45) is 5.92 Å². The Morgan fingerprint density at radius 3 is 2.52 bits per heavy atom. The molecule has 0 bridgehead atoms. The van der Waals surface area contributed by atoms with Crippen LogP contribution in [-0.2, 0) is 0 Å². The first kappa shape index (κ1) is 18.1. The van der Waals surface area contributed by atoms with Gasteiger partial charge >= 0.3 is 6.03 Å². The Bertz CT molecular complexity index is 543. The van der Waals surface area contributed by atoms with Crippen LogP contribution in [0.4, 0.5) is 10.5 Å². The lowest BCUT2D eigenvalue weighted by Crippen LogP contribution is -2.50. The zero-order valence-electron chi connectivity index (χ0n) is 15.2. The van der Waals surface area contributed by atoms with Gasteiger partial charge in [0.2, 0.25) is 0 Å². The second-order valence-electron chi connectivity index (χ2n) is 7.54. The fourth-order valence-corrected chi connectivity index (χ4v) is 4.04. The Morgan fingerprint density at radius 1 is 1.16 bits per heavy atom. The number of aliphatic hydroxyl groups is 1. The lowest BCUT2D eigenvalue weighted by molar-refractivity contribution is 0.0562. The summed E-state index contributed by atoms with van der Waals surface area (Å²) >= 11 is 0. The molecule has 25 heavy (non-hydrogen) atoms. The van der Waals surface area contributed by atoms with Crippen molar-refractivity contribution in [1.82, 2.24) is 10.2 Å². The van der Waals surface area contributed by atoms with Gasteiger partial charge in [-0.3, -0.25) is 0 Å². The highest BCUT2D eigenvalue weighted by molar-refractivity contribution is 5.74. The van der Waals surface area contributed by atoms with E-state index in [-0.39, 0.29) is 24.1 Å². The molecule has 2 aliphatic rings. The van der Waals surface area contributed by atoms with Crippen molar-refractivity contribution in [3.8, 4) is 0 Å². The molecular weight excluding hydrogens is 314 g/mol. The first-order valence-corrected chi connectivity index (χ1v) is 9.63. The summed E-state index contributed by atoms with van der Waals surface area (Å²) in [4.78, 5) is 16.6. The molecule has 0 unspecified atom stereocenters. The van der Waals surface area contributed by atoms with E-state index in [1.165, 1.54) is 5.69 Å². The van der Waals surface area contributed by atoms with Crippen molar-refractivity contribution >= 4 is 11.7 Å². The third kappa shape index (κ3) is 4.88. The van der Waals surface area contributed by atoms with Gasteiger partial charge in [-0.15, -0.1) is 0 Å². The van der Waals surface area contributed by atoms with Crippen LogP contribution < -0.4 is 10.2 Å². The van der Waals surface area contributed by atoms with Gasteiger partial charge in [-0.1, -0.05) is 31.0 Å². The van der Waals surface area contributed by atoms with Crippen LogP contribution in [0.25, 0.3) is 0 Å². The number of amides is 2. The van der Waals surface area contributed by atoms with Crippen molar-refractivity contribution in [3.05, 3.63) is 30.3 Å². The lowest BCUT2D eigenvalue weighted by atomic mass is 9.86. The van der Waals surface area contributed by atoms with Crippen LogP contribution in [0.15, 0.2) is 30.3 Å². The summed E-state index contributed by atoms with van der Waals surface area (Å²) in [7, 11) is 1.84. The number of nitrogens with zero attached hydrogens (tertiary/aromatic N) is 2. The highest BCUT2D eigenvalue weighted by Gasteiger charge is 2.27. The lowest BCUT2D eigenvalue weighted by Gasteiger charge is -2.35. The van der Waals surface area contributed by atoms with Crippen LogP contribution in [0, 0.1) is 5.92 Å². The first-order chi connectivity index (χ1) is 12.1. The number of aliphatic hydroxyl groups excluding tert-OH is 1. The van der Waals surface area contributed by atoms with Gasteiger partial charge in [-0.25, -0.2) is 4.79 Å². The standard InChI is InChI=1S/C20H31N3O2/c1-22(15-16-7-5-6-10-19(16)24)20(25)21-17-11-13-23(14-12-17)18-8-3-2-4-9-18/h2-4,8-9,16-17,19,24H,5-7,10-15H2,1H3,(H,21,25)/t16-,19-/m1/s1. The van der Waals surface area contributed by atoms with Gasteiger partial charge in [0, 0.05) is 44.3 Å². The summed E-state index contributed by atoms with van der Waals surface area (Å²) in [6.07, 6.45) is 5.86. The summed E-state index contributed by atoms with van der Waals surface area (Å²) in [5.41, 5.74) is 1.26. The van der Waals surface area contributed by atoms with E-state index in [0.29, 0.717) is 6.54 Å². The predicted molar refractivity (Wildman–Crippen MR) is 101 cm³/mol. The molecule has 2 amide bonds. The maximum absolute atomic E-state index is 12.5. The van der Waals surface area contributed by atoms with E-state index >= 15 is 0 Å². The molecule has 2 atom stereocenters. The predicted octanol–water partition coefficient (Wildman–Crippen LogP) is 2.85. The zero-order valence-corrected chi connectivity index (χ0v) is 15.2. The van der Waals surface area contributed by atoms with Gasteiger partial charge in [-0.05, 0) is 37.8 Å². The molecule has 0 spiro atoms. The monoisotopic (exact) mass is 345 g/mol. The normalized spacial score (nSPS) is 24.8. The maximum atomic E-state index is 12.5. The Kier molecular flexibility index (Phi) is 6.19. The number of nitrogens with one attached hydrogen (secondary N) is 1. The molecule has 0 aromatic heterocycles. The largest absolute Gasteiger partial charge is 0.393 e. The third-order valence-corrected chi connectivity index (χ3v) is 5.67. The first-order valence-electron chi connectivity index (χ1n) is 9.63. The quantitative estimate of drug-likeness (QED) is 0.882. The molecule has 1 heterocycles. The van der Waals surface area contributed by atoms with Crippen molar-refractivity contribution in [1.29, 1.82) is 0 Å². The smallest absolute Gasteiger partial charge is 0.317 e. The Balaban J connectivity index is 1.42. The number of carbonyl (C=O) groups is 1. The Labute approximate surface area is 151 Å². The summed E-state index contributed by atoms with van der Waals surface area (Å²) in [5.74, 6) is 0.226. The zero-order chi connectivity index (χ0) is 17.6. The highest BCUT2D eigenvalue weighted by Crippen LogP contribution is 2.25. The molecule has 2 fully saturated rings. The minimum Gasteiger partial charge on any atom is -0.393 e. The molecule has 138 valence electrons. The molecule has 3 rings (SSSR count). The number of benzene rings is 1. The van der Waals surface area contributed by atoms with Crippen LogP contribution in [0.3, 0.4) is 0 Å². The van der Waals surface area contributed by atoms with Crippen LogP contribution in [0.1, 0.15) is 38.5 Å². The van der Waals surface area contributed by atoms with E-state index in [2.05, 4.69) is 34.5 Å². The maximum Gasteiger partial charge on any atom is 0.317 e. The van der Waals surface area contributed by atoms with Crippen LogP contribution in [-0.4, -0.2) is 54.9 Å². The molecule has 1 aliphatic heterocycles. The minimum atomic E-state index is -0.252. The number of hydrogen-bond acceptors (Lipinski definition) is 3. The summed E-state index contributed by atoms with van der Waals surface area (Å²) in [5, 5.41) is 13.3. The van der Waals surface area contributed by atoms with Gasteiger partial charge < -0.3 is 20.2 Å². The van der Waals surface area contributed by atoms with Crippen molar-refractivity contribution < 1.29 is 9.90 Å². The molecule has 5 nitrogen and oxygen atoms in total. The Hall–Kier alpha value is -1.75. The molecule has 1 aliphatic carbocycles. The number of rotatable bonds is 4. The highest BCUT2D eigenvalue weighted by atomic mass is 16.3. The molecule has 5 heteroatoms. The van der Waals surface area contributed by atoms with E-state index in [4.69, 9.17) is 0 Å². The summed E-state index contributed by atoms with van der Waals surface area (Å²) < 4.78 is 0.